The Kier molecular flexibility index (Phi) is 38.5. The van der Waals surface area contributed by atoms with Crippen molar-refractivity contribution in [3.63, 3.8) is 0 Å². The van der Waals surface area contributed by atoms with Gasteiger partial charge in [-0.25, -0.2) is 0 Å². The number of allylic oxidation sites excluding steroid dienone is 8. The molecule has 0 fully saturated rings. The van der Waals surface area contributed by atoms with Crippen LogP contribution in [0.1, 0.15) is 200 Å². The average molecular weight is 687 g/mol. The molecule has 1 atom stereocenters. The molecule has 1 unspecified atom stereocenters. The van der Waals surface area contributed by atoms with Gasteiger partial charge in [0.15, 0.2) is 6.10 Å². The zero-order valence-corrected chi connectivity index (χ0v) is 32.2. The summed E-state index contributed by atoms with van der Waals surface area (Å²) in [6.45, 7) is 4.00. The molecular weight excluding hydrogens is 608 g/mol. The second-order valence-electron chi connectivity index (χ2n) is 13.7. The van der Waals surface area contributed by atoms with Crippen LogP contribution in [0, 0.1) is 0 Å². The summed E-state index contributed by atoms with van der Waals surface area (Å²) < 4.78 is 10.6. The molecule has 0 radical (unpaired) electrons. The molecule has 0 spiro atoms. The number of unbranched alkanes of at least 4 members (excludes halogenated alkanes) is 21. The molecule has 0 saturated heterocycles. The number of aliphatic hydroxyl groups excluding tert-OH is 1. The number of hydrogen-bond acceptors (Lipinski definition) is 5. The van der Waals surface area contributed by atoms with E-state index in [0.29, 0.717) is 12.8 Å². The van der Waals surface area contributed by atoms with Crippen molar-refractivity contribution < 1.29 is 24.2 Å². The maximum Gasteiger partial charge on any atom is 0.306 e. The minimum absolute atomic E-state index is 0.0811. The lowest BCUT2D eigenvalue weighted by Gasteiger charge is -2.15. The van der Waals surface area contributed by atoms with Gasteiger partial charge < -0.3 is 14.6 Å². The first-order valence-corrected chi connectivity index (χ1v) is 20.7. The summed E-state index contributed by atoms with van der Waals surface area (Å²) in [5.74, 6) is -0.635. The SMILES string of the molecule is CC/C=C\C/C=C\C/C=C\C/C=C\CCCCC(=O)OC(CO)COC(=O)CCCCCCCCCCCCCCCCCCCCCC. The molecule has 0 saturated carbocycles. The quantitative estimate of drug-likeness (QED) is 0.0400. The molecule has 0 rings (SSSR count). The smallest absolute Gasteiger partial charge is 0.306 e. The van der Waals surface area contributed by atoms with Crippen LogP contribution in [0.25, 0.3) is 0 Å². The maximum atomic E-state index is 12.1. The van der Waals surface area contributed by atoms with E-state index in [2.05, 4.69) is 62.5 Å². The summed E-state index contributed by atoms with van der Waals surface area (Å²) in [7, 11) is 0. The molecule has 284 valence electrons. The van der Waals surface area contributed by atoms with Gasteiger partial charge in [-0.2, -0.15) is 0 Å². The van der Waals surface area contributed by atoms with Crippen LogP contribution in [0.15, 0.2) is 48.6 Å². The van der Waals surface area contributed by atoms with Gasteiger partial charge in [-0.1, -0.05) is 184 Å². The normalized spacial score (nSPS) is 12.6. The van der Waals surface area contributed by atoms with Crippen molar-refractivity contribution in [1.29, 1.82) is 0 Å². The predicted molar refractivity (Wildman–Crippen MR) is 210 cm³/mol. The Morgan fingerprint density at radius 3 is 1.33 bits per heavy atom. The van der Waals surface area contributed by atoms with E-state index in [0.717, 1.165) is 64.2 Å². The van der Waals surface area contributed by atoms with Crippen LogP contribution in [-0.4, -0.2) is 36.4 Å². The van der Waals surface area contributed by atoms with Crippen molar-refractivity contribution in [2.45, 2.75) is 206 Å². The fourth-order valence-corrected chi connectivity index (χ4v) is 5.78. The minimum Gasteiger partial charge on any atom is -0.462 e. The molecule has 1 N–H and O–H groups in total. The molecule has 0 aliphatic rings. The molecule has 0 bridgehead atoms. The van der Waals surface area contributed by atoms with E-state index in [4.69, 9.17) is 9.47 Å². The summed E-state index contributed by atoms with van der Waals surface area (Å²) in [5.41, 5.74) is 0. The van der Waals surface area contributed by atoms with Gasteiger partial charge in [0.2, 0.25) is 0 Å². The fourth-order valence-electron chi connectivity index (χ4n) is 5.78. The first-order chi connectivity index (χ1) is 24.1. The average Bonchev–Trinajstić information content (AvgIpc) is 3.10. The Morgan fingerprint density at radius 2 is 0.878 bits per heavy atom. The van der Waals surface area contributed by atoms with Crippen LogP contribution in [0.4, 0.5) is 0 Å². The number of hydrogen-bond donors (Lipinski definition) is 1. The van der Waals surface area contributed by atoms with E-state index in [-0.39, 0.29) is 25.2 Å². The second kappa shape index (κ2) is 40.3. The van der Waals surface area contributed by atoms with Crippen molar-refractivity contribution in [1.82, 2.24) is 0 Å². The van der Waals surface area contributed by atoms with E-state index in [9.17, 15) is 14.7 Å². The largest absolute Gasteiger partial charge is 0.462 e. The summed E-state index contributed by atoms with van der Waals surface area (Å²) in [4.78, 5) is 24.3. The summed E-state index contributed by atoms with van der Waals surface area (Å²) in [6.07, 6.45) is 50.4. The highest BCUT2D eigenvalue weighted by atomic mass is 16.6. The topological polar surface area (TPSA) is 72.8 Å². The van der Waals surface area contributed by atoms with Crippen molar-refractivity contribution in [3.8, 4) is 0 Å². The molecule has 0 heterocycles. The number of carbonyl (C=O) groups excluding carboxylic acids is 2. The fraction of sp³-hybridized carbons (Fsp3) is 0.773. The molecule has 0 aliphatic heterocycles. The predicted octanol–water partition coefficient (Wildman–Crippen LogP) is 13.0. The number of aliphatic hydroxyl groups is 1. The van der Waals surface area contributed by atoms with Crippen molar-refractivity contribution >= 4 is 11.9 Å². The number of rotatable bonds is 37. The third-order valence-electron chi connectivity index (χ3n) is 8.89. The molecule has 49 heavy (non-hydrogen) atoms. The van der Waals surface area contributed by atoms with Crippen LogP contribution < -0.4 is 0 Å². The Labute approximate surface area is 303 Å². The van der Waals surface area contributed by atoms with Crippen molar-refractivity contribution in [2.75, 3.05) is 13.2 Å². The zero-order valence-electron chi connectivity index (χ0n) is 32.2. The molecule has 0 aromatic carbocycles. The van der Waals surface area contributed by atoms with Crippen LogP contribution in [0.2, 0.25) is 0 Å². The Morgan fingerprint density at radius 1 is 0.490 bits per heavy atom. The Hall–Kier alpha value is -2.14. The lowest BCUT2D eigenvalue weighted by atomic mass is 10.0. The van der Waals surface area contributed by atoms with Gasteiger partial charge in [0.25, 0.3) is 0 Å². The van der Waals surface area contributed by atoms with Crippen LogP contribution in [-0.2, 0) is 19.1 Å². The first kappa shape index (κ1) is 46.9. The zero-order chi connectivity index (χ0) is 35.7. The van der Waals surface area contributed by atoms with Gasteiger partial charge >= 0.3 is 11.9 Å². The van der Waals surface area contributed by atoms with E-state index in [1.54, 1.807) is 0 Å². The molecule has 5 heteroatoms. The Bertz CT molecular complexity index is 827. The summed E-state index contributed by atoms with van der Waals surface area (Å²) >= 11 is 0. The highest BCUT2D eigenvalue weighted by Gasteiger charge is 2.16. The number of ether oxygens (including phenoxy) is 2. The van der Waals surface area contributed by atoms with E-state index in [1.165, 1.54) is 109 Å². The van der Waals surface area contributed by atoms with Gasteiger partial charge in [-0.3, -0.25) is 9.59 Å². The monoisotopic (exact) mass is 687 g/mol. The molecule has 0 aromatic heterocycles. The summed E-state index contributed by atoms with van der Waals surface area (Å²) in [6, 6.07) is 0. The molecule has 5 nitrogen and oxygen atoms in total. The van der Waals surface area contributed by atoms with E-state index >= 15 is 0 Å². The van der Waals surface area contributed by atoms with Crippen LogP contribution in [0.5, 0.6) is 0 Å². The van der Waals surface area contributed by atoms with Gasteiger partial charge in [-0.15, -0.1) is 0 Å². The third kappa shape index (κ3) is 38.5. The maximum absolute atomic E-state index is 12.1. The Balaban J connectivity index is 3.56. The number of carbonyl (C=O) groups is 2. The first-order valence-electron chi connectivity index (χ1n) is 20.7. The molecular formula is C44H78O5. The highest BCUT2D eigenvalue weighted by Crippen LogP contribution is 2.15. The second-order valence-corrected chi connectivity index (χ2v) is 13.7. The van der Waals surface area contributed by atoms with Gasteiger partial charge in [0.1, 0.15) is 6.61 Å². The molecule has 0 aromatic rings. The highest BCUT2D eigenvalue weighted by molar-refractivity contribution is 5.70. The molecule has 0 amide bonds. The van der Waals surface area contributed by atoms with Crippen molar-refractivity contribution in [2.24, 2.45) is 0 Å². The standard InChI is InChI=1S/C44H78O5/c1-3-5-7-9-11-13-15-17-19-20-21-22-23-25-26-28-30-32-34-36-38-43(46)48-41-42(40-45)49-44(47)39-37-35-33-31-29-27-24-18-16-14-12-10-8-6-4-2/h6,8,12,14,18,24,29,31,42,45H,3-5,7,9-11,13,15-17,19-23,25-28,30,32-41H2,1-2H3/b8-6-,14-12-,24-18-,31-29-. The van der Waals surface area contributed by atoms with Crippen LogP contribution >= 0.6 is 0 Å². The lowest BCUT2D eigenvalue weighted by molar-refractivity contribution is -0.161. The van der Waals surface area contributed by atoms with Crippen LogP contribution in [0.3, 0.4) is 0 Å². The third-order valence-corrected chi connectivity index (χ3v) is 8.89. The van der Waals surface area contributed by atoms with Gasteiger partial charge in [0, 0.05) is 12.8 Å². The minimum atomic E-state index is -0.791. The van der Waals surface area contributed by atoms with Crippen molar-refractivity contribution in [3.05, 3.63) is 48.6 Å². The molecule has 0 aliphatic carbocycles. The lowest BCUT2D eigenvalue weighted by Crippen LogP contribution is -2.28. The van der Waals surface area contributed by atoms with E-state index in [1.807, 2.05) is 0 Å². The van der Waals surface area contributed by atoms with Gasteiger partial charge in [-0.05, 0) is 51.4 Å². The summed E-state index contributed by atoms with van der Waals surface area (Å²) in [5, 5.41) is 9.55. The number of esters is 2. The van der Waals surface area contributed by atoms with Gasteiger partial charge in [0.05, 0.1) is 6.61 Å². The van der Waals surface area contributed by atoms with E-state index < -0.39 is 6.10 Å².